The van der Waals surface area contributed by atoms with Crippen molar-refractivity contribution in [1.82, 2.24) is 5.32 Å². The van der Waals surface area contributed by atoms with Crippen LogP contribution in [0.15, 0.2) is 71.1 Å². The topological polar surface area (TPSA) is 36.8 Å². The Morgan fingerprint density at radius 2 is 1.40 bits per heavy atom. The standard InChI is InChI=1S/C12H13N3/c1-2-4-6-9-14-12-15-11-7-10-13-8-5-3-1/h1-12H,(H,14,15). The summed E-state index contributed by atoms with van der Waals surface area (Å²) in [5.74, 6) is 0. The Labute approximate surface area is 89.6 Å². The lowest BCUT2D eigenvalue weighted by atomic mass is 10.4. The minimum atomic E-state index is 1.60. The molecule has 0 fully saturated rings. The molecule has 15 heavy (non-hydrogen) atoms. The van der Waals surface area contributed by atoms with Crippen molar-refractivity contribution in [3.05, 3.63) is 61.1 Å². The molecule has 0 unspecified atom stereocenters. The van der Waals surface area contributed by atoms with Crippen molar-refractivity contribution in [2.24, 2.45) is 9.98 Å². The molecule has 1 N–H and O–H groups in total. The van der Waals surface area contributed by atoms with Gasteiger partial charge in [0.1, 0.15) is 0 Å². The third-order valence-corrected chi connectivity index (χ3v) is 1.41. The van der Waals surface area contributed by atoms with E-state index in [0.29, 0.717) is 0 Å². The van der Waals surface area contributed by atoms with Gasteiger partial charge in [-0.3, -0.25) is 4.99 Å². The average Bonchev–Trinajstić information content (AvgIpc) is 2.27. The van der Waals surface area contributed by atoms with E-state index in [1.54, 1.807) is 37.2 Å². The van der Waals surface area contributed by atoms with E-state index in [9.17, 15) is 0 Å². The van der Waals surface area contributed by atoms with Crippen LogP contribution in [0.1, 0.15) is 0 Å². The fourth-order valence-electron chi connectivity index (χ4n) is 0.784. The first kappa shape index (κ1) is 10.9. The smallest absolute Gasteiger partial charge is 0.0918 e. The summed E-state index contributed by atoms with van der Waals surface area (Å²) in [6.45, 7) is 0. The van der Waals surface area contributed by atoms with E-state index in [4.69, 9.17) is 0 Å². The Hall–Kier alpha value is -2.16. The summed E-state index contributed by atoms with van der Waals surface area (Å²) in [5, 5.41) is 2.90. The normalized spacial score (nSPS) is 16.0. The molecule has 1 aliphatic rings. The number of hydrogen-bond donors (Lipinski definition) is 1. The highest BCUT2D eigenvalue weighted by atomic mass is 14.9. The predicted molar refractivity (Wildman–Crippen MR) is 65.8 cm³/mol. The second-order valence-corrected chi connectivity index (χ2v) is 2.55. The molecular weight excluding hydrogens is 186 g/mol. The molecule has 0 aromatic rings. The number of aliphatic imine (C=N–C) groups is 2. The first-order chi connectivity index (χ1) is 7.50. The van der Waals surface area contributed by atoms with Crippen LogP contribution in [0.2, 0.25) is 0 Å². The van der Waals surface area contributed by atoms with Crippen molar-refractivity contribution in [3.8, 4) is 0 Å². The molecule has 0 aliphatic carbocycles. The van der Waals surface area contributed by atoms with Gasteiger partial charge in [-0.25, -0.2) is 4.99 Å². The van der Waals surface area contributed by atoms with Gasteiger partial charge in [0.05, 0.1) is 6.34 Å². The van der Waals surface area contributed by atoms with E-state index in [2.05, 4.69) is 15.3 Å². The Balaban J connectivity index is 2.62. The van der Waals surface area contributed by atoms with E-state index in [-0.39, 0.29) is 0 Å². The van der Waals surface area contributed by atoms with E-state index < -0.39 is 0 Å². The molecule has 0 spiro atoms. The molecule has 0 aromatic carbocycles. The van der Waals surface area contributed by atoms with Gasteiger partial charge in [0.25, 0.3) is 0 Å². The van der Waals surface area contributed by atoms with Crippen LogP contribution in [0.5, 0.6) is 0 Å². The van der Waals surface area contributed by atoms with E-state index in [1.165, 1.54) is 0 Å². The summed E-state index contributed by atoms with van der Waals surface area (Å²) < 4.78 is 0. The Bertz CT molecular complexity index is 321. The van der Waals surface area contributed by atoms with Crippen LogP contribution in [0.3, 0.4) is 0 Å². The highest BCUT2D eigenvalue weighted by molar-refractivity contribution is 5.72. The summed E-state index contributed by atoms with van der Waals surface area (Å²) in [6.07, 6.45) is 21.6. The van der Waals surface area contributed by atoms with Crippen LogP contribution in [-0.4, -0.2) is 12.6 Å². The quantitative estimate of drug-likeness (QED) is 0.638. The minimum Gasteiger partial charge on any atom is -0.353 e. The molecule has 0 atom stereocenters. The zero-order valence-corrected chi connectivity index (χ0v) is 8.32. The second-order valence-electron chi connectivity index (χ2n) is 2.55. The number of nitrogens with zero attached hydrogens (tertiary/aromatic N) is 2. The van der Waals surface area contributed by atoms with Gasteiger partial charge in [-0.15, -0.1) is 0 Å². The molecule has 3 heteroatoms. The fraction of sp³-hybridized carbons (Fsp3) is 0. The minimum absolute atomic E-state index is 1.60. The van der Waals surface area contributed by atoms with Gasteiger partial charge >= 0.3 is 0 Å². The second kappa shape index (κ2) is 8.44. The van der Waals surface area contributed by atoms with E-state index in [1.807, 2.05) is 36.5 Å². The first-order valence-corrected chi connectivity index (χ1v) is 4.61. The van der Waals surface area contributed by atoms with Crippen LogP contribution >= 0.6 is 0 Å². The summed E-state index contributed by atoms with van der Waals surface area (Å²) in [4.78, 5) is 7.96. The first-order valence-electron chi connectivity index (χ1n) is 4.61. The van der Waals surface area contributed by atoms with Crippen LogP contribution in [-0.2, 0) is 0 Å². The molecular formula is C12H13N3. The van der Waals surface area contributed by atoms with Crippen molar-refractivity contribution < 1.29 is 0 Å². The Kier molecular flexibility index (Phi) is 6.14. The monoisotopic (exact) mass is 199 g/mol. The average molecular weight is 199 g/mol. The summed E-state index contributed by atoms with van der Waals surface area (Å²) >= 11 is 0. The maximum Gasteiger partial charge on any atom is 0.0918 e. The Morgan fingerprint density at radius 1 is 0.667 bits per heavy atom. The zero-order valence-electron chi connectivity index (χ0n) is 8.32. The van der Waals surface area contributed by atoms with E-state index >= 15 is 0 Å². The highest BCUT2D eigenvalue weighted by Crippen LogP contribution is 1.83. The van der Waals surface area contributed by atoms with Crippen molar-refractivity contribution in [3.63, 3.8) is 0 Å². The van der Waals surface area contributed by atoms with E-state index in [0.717, 1.165) is 0 Å². The third-order valence-electron chi connectivity index (χ3n) is 1.41. The maximum absolute atomic E-state index is 4.00. The molecule has 0 radical (unpaired) electrons. The van der Waals surface area contributed by atoms with Crippen LogP contribution in [0.25, 0.3) is 0 Å². The number of allylic oxidation sites excluding steroid dienone is 7. The fourth-order valence-corrected chi connectivity index (χ4v) is 0.784. The summed E-state index contributed by atoms with van der Waals surface area (Å²) in [6, 6.07) is 0. The molecule has 3 nitrogen and oxygen atoms in total. The predicted octanol–water partition coefficient (Wildman–Crippen LogP) is 2.34. The Morgan fingerprint density at radius 3 is 2.33 bits per heavy atom. The molecule has 76 valence electrons. The summed E-state index contributed by atoms with van der Waals surface area (Å²) in [5.41, 5.74) is 0. The molecule has 1 rings (SSSR count). The third kappa shape index (κ3) is 6.95. The SMILES string of the molecule is C1=CC=CN=CC=CN=CNC=CC=C1. The lowest BCUT2D eigenvalue weighted by Gasteiger charge is -1.83. The molecule has 1 aliphatic heterocycles. The summed E-state index contributed by atoms with van der Waals surface area (Å²) in [7, 11) is 0. The van der Waals surface area contributed by atoms with Crippen molar-refractivity contribution >= 4 is 12.6 Å². The maximum atomic E-state index is 4.00. The number of rotatable bonds is 0. The van der Waals surface area contributed by atoms with Crippen LogP contribution in [0, 0.1) is 0 Å². The van der Waals surface area contributed by atoms with Crippen molar-refractivity contribution in [1.29, 1.82) is 0 Å². The van der Waals surface area contributed by atoms with Crippen molar-refractivity contribution in [2.75, 3.05) is 0 Å². The molecule has 0 bridgehead atoms. The van der Waals surface area contributed by atoms with Gasteiger partial charge in [-0.05, 0) is 18.2 Å². The molecule has 0 amide bonds. The van der Waals surface area contributed by atoms with Gasteiger partial charge in [-0.2, -0.15) is 0 Å². The number of nitrogens with one attached hydrogen (secondary N) is 1. The zero-order chi connectivity index (χ0) is 10.6. The lowest BCUT2D eigenvalue weighted by molar-refractivity contribution is 1.30. The largest absolute Gasteiger partial charge is 0.353 e. The van der Waals surface area contributed by atoms with Crippen LogP contribution in [0.4, 0.5) is 0 Å². The highest BCUT2D eigenvalue weighted by Gasteiger charge is 1.67. The van der Waals surface area contributed by atoms with Crippen molar-refractivity contribution in [2.45, 2.75) is 0 Å². The van der Waals surface area contributed by atoms with Gasteiger partial charge < -0.3 is 5.32 Å². The molecule has 1 heterocycles. The van der Waals surface area contributed by atoms with Gasteiger partial charge in [0, 0.05) is 24.8 Å². The molecule has 0 aromatic heterocycles. The van der Waals surface area contributed by atoms with Crippen LogP contribution < -0.4 is 5.32 Å². The lowest BCUT2D eigenvalue weighted by Crippen LogP contribution is -1.98. The molecule has 0 saturated heterocycles. The van der Waals surface area contributed by atoms with Gasteiger partial charge in [0.15, 0.2) is 0 Å². The number of hydrogen-bond acceptors (Lipinski definition) is 3. The van der Waals surface area contributed by atoms with Gasteiger partial charge in [-0.1, -0.05) is 24.3 Å². The van der Waals surface area contributed by atoms with Gasteiger partial charge in [0.2, 0.25) is 0 Å². The molecule has 0 saturated carbocycles.